The van der Waals surface area contributed by atoms with Gasteiger partial charge < -0.3 is 4.74 Å². The molecule has 0 aliphatic heterocycles. The molecule has 0 saturated heterocycles. The Morgan fingerprint density at radius 2 is 1.94 bits per heavy atom. The first-order chi connectivity index (χ1) is 8.63. The van der Waals surface area contributed by atoms with Gasteiger partial charge in [-0.25, -0.2) is 4.79 Å². The lowest BCUT2D eigenvalue weighted by Crippen LogP contribution is -2.19. The van der Waals surface area contributed by atoms with Gasteiger partial charge in [0, 0.05) is 5.57 Å². The monoisotopic (exact) mass is 246 g/mol. The SMILES string of the molecule is C=C(C)C(=O)OC(CCC)CCc1ccccc1. The van der Waals surface area contributed by atoms with E-state index in [0.717, 1.165) is 25.7 Å². The minimum atomic E-state index is -0.276. The van der Waals surface area contributed by atoms with Crippen LogP contribution in [0.4, 0.5) is 0 Å². The molecule has 0 heterocycles. The minimum absolute atomic E-state index is 0.000550. The van der Waals surface area contributed by atoms with E-state index < -0.39 is 0 Å². The van der Waals surface area contributed by atoms with Crippen LogP contribution in [0.5, 0.6) is 0 Å². The van der Waals surface area contributed by atoms with E-state index in [2.05, 4.69) is 25.6 Å². The van der Waals surface area contributed by atoms with E-state index in [-0.39, 0.29) is 12.1 Å². The van der Waals surface area contributed by atoms with Gasteiger partial charge in [-0.15, -0.1) is 0 Å². The lowest BCUT2D eigenvalue weighted by atomic mass is 10.0. The molecule has 0 bridgehead atoms. The van der Waals surface area contributed by atoms with Crippen LogP contribution < -0.4 is 0 Å². The number of rotatable bonds is 7. The second kappa shape index (κ2) is 7.70. The first kappa shape index (κ1) is 14.5. The maximum Gasteiger partial charge on any atom is 0.333 e. The lowest BCUT2D eigenvalue weighted by Gasteiger charge is -2.17. The van der Waals surface area contributed by atoms with Crippen molar-refractivity contribution in [3.63, 3.8) is 0 Å². The van der Waals surface area contributed by atoms with E-state index in [9.17, 15) is 4.79 Å². The van der Waals surface area contributed by atoms with Crippen LogP contribution in [0.1, 0.15) is 38.7 Å². The molecular formula is C16H22O2. The van der Waals surface area contributed by atoms with Crippen LogP contribution in [-0.4, -0.2) is 12.1 Å². The third kappa shape index (κ3) is 5.17. The highest BCUT2D eigenvalue weighted by atomic mass is 16.5. The molecule has 1 aromatic carbocycles. The zero-order valence-electron chi connectivity index (χ0n) is 11.3. The van der Waals surface area contributed by atoms with E-state index in [0.29, 0.717) is 5.57 Å². The molecule has 0 N–H and O–H groups in total. The number of aryl methyl sites for hydroxylation is 1. The van der Waals surface area contributed by atoms with Crippen molar-refractivity contribution in [2.24, 2.45) is 0 Å². The van der Waals surface area contributed by atoms with Gasteiger partial charge in [0.15, 0.2) is 0 Å². The Kier molecular flexibility index (Phi) is 6.20. The number of ether oxygens (including phenoxy) is 1. The third-order valence-corrected chi connectivity index (χ3v) is 2.83. The van der Waals surface area contributed by atoms with Gasteiger partial charge in [0.1, 0.15) is 6.10 Å². The number of hydrogen-bond donors (Lipinski definition) is 0. The summed E-state index contributed by atoms with van der Waals surface area (Å²) in [6.07, 6.45) is 3.74. The molecule has 0 spiro atoms. The molecule has 1 atom stereocenters. The fourth-order valence-corrected chi connectivity index (χ4v) is 1.81. The van der Waals surface area contributed by atoms with E-state index >= 15 is 0 Å². The molecule has 1 rings (SSSR count). The van der Waals surface area contributed by atoms with Crippen LogP contribution in [0.15, 0.2) is 42.5 Å². The fourth-order valence-electron chi connectivity index (χ4n) is 1.81. The summed E-state index contributed by atoms with van der Waals surface area (Å²) < 4.78 is 5.44. The summed E-state index contributed by atoms with van der Waals surface area (Å²) in [5.74, 6) is -0.276. The zero-order chi connectivity index (χ0) is 13.4. The number of carbonyl (C=O) groups excluding carboxylic acids is 1. The van der Waals surface area contributed by atoms with Crippen LogP contribution in [0.25, 0.3) is 0 Å². The van der Waals surface area contributed by atoms with Gasteiger partial charge in [0.05, 0.1) is 0 Å². The number of carbonyl (C=O) groups is 1. The van der Waals surface area contributed by atoms with Crippen LogP contribution in [-0.2, 0) is 16.0 Å². The molecular weight excluding hydrogens is 224 g/mol. The highest BCUT2D eigenvalue weighted by Gasteiger charge is 2.14. The maximum absolute atomic E-state index is 11.5. The van der Waals surface area contributed by atoms with E-state index in [4.69, 9.17) is 4.74 Å². The van der Waals surface area contributed by atoms with Crippen LogP contribution >= 0.6 is 0 Å². The van der Waals surface area contributed by atoms with Crippen molar-refractivity contribution < 1.29 is 9.53 Å². The predicted octanol–water partition coefficient (Wildman–Crippen LogP) is 3.91. The minimum Gasteiger partial charge on any atom is -0.459 e. The van der Waals surface area contributed by atoms with Gasteiger partial charge in [-0.05, 0) is 31.7 Å². The Hall–Kier alpha value is -1.57. The largest absolute Gasteiger partial charge is 0.459 e. The van der Waals surface area contributed by atoms with Crippen molar-refractivity contribution in [3.8, 4) is 0 Å². The second-order valence-corrected chi connectivity index (χ2v) is 4.62. The smallest absolute Gasteiger partial charge is 0.333 e. The van der Waals surface area contributed by atoms with Crippen molar-refractivity contribution in [1.82, 2.24) is 0 Å². The van der Waals surface area contributed by atoms with Crippen molar-refractivity contribution in [2.45, 2.75) is 45.6 Å². The van der Waals surface area contributed by atoms with E-state index in [1.165, 1.54) is 5.56 Å². The molecule has 2 nitrogen and oxygen atoms in total. The van der Waals surface area contributed by atoms with Crippen molar-refractivity contribution in [2.75, 3.05) is 0 Å². The summed E-state index contributed by atoms with van der Waals surface area (Å²) in [6.45, 7) is 7.40. The highest BCUT2D eigenvalue weighted by Crippen LogP contribution is 2.13. The van der Waals surface area contributed by atoms with E-state index in [1.54, 1.807) is 6.92 Å². The number of hydrogen-bond acceptors (Lipinski definition) is 2. The standard InChI is InChI=1S/C16H22O2/c1-4-8-15(18-16(17)13(2)3)12-11-14-9-6-5-7-10-14/h5-7,9-10,15H,2,4,8,11-12H2,1,3H3. The molecule has 18 heavy (non-hydrogen) atoms. The maximum atomic E-state index is 11.5. The van der Waals surface area contributed by atoms with Crippen molar-refractivity contribution >= 4 is 5.97 Å². The lowest BCUT2D eigenvalue weighted by molar-refractivity contribution is -0.144. The average Bonchev–Trinajstić information content (AvgIpc) is 2.37. The summed E-state index contributed by atoms with van der Waals surface area (Å²) in [7, 11) is 0. The number of benzene rings is 1. The highest BCUT2D eigenvalue weighted by molar-refractivity contribution is 5.87. The Balaban J connectivity index is 2.47. The molecule has 0 fully saturated rings. The zero-order valence-corrected chi connectivity index (χ0v) is 11.3. The van der Waals surface area contributed by atoms with Crippen LogP contribution in [0, 0.1) is 0 Å². The second-order valence-electron chi connectivity index (χ2n) is 4.62. The molecule has 98 valence electrons. The molecule has 1 unspecified atom stereocenters. The molecule has 1 aromatic rings. The summed E-state index contributed by atoms with van der Waals surface area (Å²) in [4.78, 5) is 11.5. The summed E-state index contributed by atoms with van der Waals surface area (Å²) in [6, 6.07) is 10.3. The Morgan fingerprint density at radius 1 is 1.28 bits per heavy atom. The fraction of sp³-hybridized carbons (Fsp3) is 0.438. The molecule has 0 amide bonds. The first-order valence-electron chi connectivity index (χ1n) is 6.54. The van der Waals surface area contributed by atoms with Gasteiger partial charge in [0.2, 0.25) is 0 Å². The first-order valence-corrected chi connectivity index (χ1v) is 6.54. The molecule has 0 aliphatic carbocycles. The summed E-state index contributed by atoms with van der Waals surface area (Å²) >= 11 is 0. The molecule has 0 radical (unpaired) electrons. The van der Waals surface area contributed by atoms with Gasteiger partial charge in [-0.2, -0.15) is 0 Å². The summed E-state index contributed by atoms with van der Waals surface area (Å²) in [5, 5.41) is 0. The van der Waals surface area contributed by atoms with Gasteiger partial charge in [-0.1, -0.05) is 50.3 Å². The normalized spacial score (nSPS) is 11.9. The van der Waals surface area contributed by atoms with Gasteiger partial charge in [-0.3, -0.25) is 0 Å². The number of esters is 1. The molecule has 2 heteroatoms. The Bertz CT molecular complexity index is 381. The van der Waals surface area contributed by atoms with Crippen molar-refractivity contribution in [3.05, 3.63) is 48.0 Å². The van der Waals surface area contributed by atoms with E-state index in [1.807, 2.05) is 18.2 Å². The van der Waals surface area contributed by atoms with Crippen molar-refractivity contribution in [1.29, 1.82) is 0 Å². The predicted molar refractivity (Wildman–Crippen MR) is 74.4 cm³/mol. The molecule has 0 saturated carbocycles. The molecule has 0 aromatic heterocycles. The topological polar surface area (TPSA) is 26.3 Å². The summed E-state index contributed by atoms with van der Waals surface area (Å²) in [5.41, 5.74) is 1.75. The van der Waals surface area contributed by atoms with Gasteiger partial charge >= 0.3 is 5.97 Å². The average molecular weight is 246 g/mol. The van der Waals surface area contributed by atoms with Crippen LogP contribution in [0.3, 0.4) is 0 Å². The van der Waals surface area contributed by atoms with Gasteiger partial charge in [0.25, 0.3) is 0 Å². The van der Waals surface area contributed by atoms with Crippen LogP contribution in [0.2, 0.25) is 0 Å². The third-order valence-electron chi connectivity index (χ3n) is 2.83. The Labute approximate surface area is 110 Å². The quantitative estimate of drug-likeness (QED) is 0.538. The molecule has 0 aliphatic rings. The Morgan fingerprint density at radius 3 is 2.50 bits per heavy atom.